The van der Waals surface area contributed by atoms with E-state index in [9.17, 15) is 0 Å². The molecule has 0 unspecified atom stereocenters. The van der Waals surface area contributed by atoms with Crippen LogP contribution in [-0.2, 0) is 0 Å². The summed E-state index contributed by atoms with van der Waals surface area (Å²) in [5.74, 6) is 1.74. The van der Waals surface area contributed by atoms with Gasteiger partial charge in [0.1, 0.15) is 0 Å². The maximum absolute atomic E-state index is 5.44. The summed E-state index contributed by atoms with van der Waals surface area (Å²) in [5, 5.41) is 6.95. The Balaban J connectivity index is 1.14. The second-order valence-corrected chi connectivity index (χ2v) is 17.6. The van der Waals surface area contributed by atoms with Crippen LogP contribution in [-0.4, -0.2) is 28.7 Å². The Hall–Kier alpha value is -9.39. The second-order valence-electron chi connectivity index (χ2n) is 17.6. The molecule has 322 valence electrons. The van der Waals surface area contributed by atoms with Crippen molar-refractivity contribution in [2.75, 3.05) is 0 Å². The minimum atomic E-state index is 0.540. The number of hydrogen-bond acceptors (Lipinski definition) is 3. The molecule has 0 fully saturated rings. The zero-order valence-electron chi connectivity index (χ0n) is 37.3. The monoisotopic (exact) mass is 880 g/mol. The standard InChI is InChI=1S/C63H40N6/c1-4-19-41(20-5-1)43-35-37-45(38-36-43)62-64-61(44-23-8-3-9-24-44)65-63(66-62)69-55-34-17-13-30-51(55)59-57(69)40-56(68-52-31-14-10-27-48(52)49-28-11-15-32-53(49)68)58-50-29-12-16-33-54(50)67(60(58)59)47-26-18-25-46(39-47)42-21-6-2-7-22-42/h1-40H. The zero-order chi connectivity index (χ0) is 45.4. The van der Waals surface area contributed by atoms with E-state index in [-0.39, 0.29) is 0 Å². The first-order valence-corrected chi connectivity index (χ1v) is 23.4. The van der Waals surface area contributed by atoms with Crippen molar-refractivity contribution in [3.63, 3.8) is 0 Å². The van der Waals surface area contributed by atoms with Crippen LogP contribution in [0.15, 0.2) is 243 Å². The van der Waals surface area contributed by atoms with Crippen LogP contribution in [0.1, 0.15) is 0 Å². The van der Waals surface area contributed by atoms with E-state index in [4.69, 9.17) is 15.0 Å². The van der Waals surface area contributed by atoms with Crippen LogP contribution in [0.5, 0.6) is 0 Å². The van der Waals surface area contributed by atoms with Gasteiger partial charge in [-0.3, -0.25) is 4.57 Å². The van der Waals surface area contributed by atoms with Crippen LogP contribution >= 0.6 is 0 Å². The minimum absolute atomic E-state index is 0.540. The molecule has 4 aromatic heterocycles. The Morgan fingerprint density at radius 2 is 0.681 bits per heavy atom. The van der Waals surface area contributed by atoms with Crippen LogP contribution in [0.2, 0.25) is 0 Å². The van der Waals surface area contributed by atoms with Gasteiger partial charge in [0.15, 0.2) is 11.6 Å². The van der Waals surface area contributed by atoms with Crippen LogP contribution in [0.4, 0.5) is 0 Å². The molecule has 0 N–H and O–H groups in total. The van der Waals surface area contributed by atoms with Crippen LogP contribution in [0.3, 0.4) is 0 Å². The third-order valence-corrected chi connectivity index (χ3v) is 13.7. The quantitative estimate of drug-likeness (QED) is 0.160. The van der Waals surface area contributed by atoms with Crippen molar-refractivity contribution in [1.82, 2.24) is 28.7 Å². The predicted molar refractivity (Wildman–Crippen MR) is 285 cm³/mol. The van der Waals surface area contributed by atoms with Crippen molar-refractivity contribution < 1.29 is 0 Å². The van der Waals surface area contributed by atoms with Gasteiger partial charge in [0.2, 0.25) is 5.95 Å². The van der Waals surface area contributed by atoms with Crippen molar-refractivity contribution >= 4 is 65.4 Å². The van der Waals surface area contributed by atoms with E-state index in [1.807, 2.05) is 24.3 Å². The second kappa shape index (κ2) is 15.6. The van der Waals surface area contributed by atoms with Crippen LogP contribution in [0.25, 0.3) is 128 Å². The van der Waals surface area contributed by atoms with Crippen LogP contribution < -0.4 is 0 Å². The molecule has 0 aliphatic rings. The van der Waals surface area contributed by atoms with Gasteiger partial charge in [-0.05, 0) is 64.7 Å². The number of nitrogens with zero attached hydrogens (tertiary/aromatic N) is 6. The summed E-state index contributed by atoms with van der Waals surface area (Å²) in [7, 11) is 0. The topological polar surface area (TPSA) is 53.5 Å². The number of benzene rings is 10. The normalized spacial score (nSPS) is 11.8. The van der Waals surface area contributed by atoms with Gasteiger partial charge in [-0.25, -0.2) is 4.98 Å². The molecule has 69 heavy (non-hydrogen) atoms. The highest BCUT2D eigenvalue weighted by molar-refractivity contribution is 6.29. The molecule has 0 spiro atoms. The number of hydrogen-bond donors (Lipinski definition) is 0. The van der Waals surface area contributed by atoms with E-state index >= 15 is 0 Å². The first-order valence-electron chi connectivity index (χ1n) is 23.4. The van der Waals surface area contributed by atoms with E-state index in [1.165, 1.54) is 21.7 Å². The molecule has 0 bridgehead atoms. The van der Waals surface area contributed by atoms with Gasteiger partial charge in [-0.2, -0.15) is 9.97 Å². The SMILES string of the molecule is c1ccc(-c2ccc(-c3nc(-c4ccccc4)nc(-n4c5ccccc5c5c4cc(-n4c6ccccc6c6ccccc64)c4c6ccccc6n(-c6cccc(-c7ccccc7)c6)c45)n3)cc2)cc1. The Labute approximate surface area is 397 Å². The summed E-state index contributed by atoms with van der Waals surface area (Å²) in [6.07, 6.45) is 0. The van der Waals surface area contributed by atoms with E-state index in [0.29, 0.717) is 17.6 Å². The average molecular weight is 881 g/mol. The predicted octanol–water partition coefficient (Wildman–Crippen LogP) is 15.8. The zero-order valence-corrected chi connectivity index (χ0v) is 37.3. The molecule has 6 heteroatoms. The highest BCUT2D eigenvalue weighted by Gasteiger charge is 2.27. The Morgan fingerprint density at radius 1 is 0.261 bits per heavy atom. The molecule has 10 aromatic carbocycles. The number of para-hydroxylation sites is 4. The fourth-order valence-corrected chi connectivity index (χ4v) is 10.6. The molecular weight excluding hydrogens is 841 g/mol. The fourth-order valence-electron chi connectivity index (χ4n) is 10.6. The fraction of sp³-hybridized carbons (Fsp3) is 0. The molecule has 0 saturated carbocycles. The van der Waals surface area contributed by atoms with Gasteiger partial charge >= 0.3 is 0 Å². The van der Waals surface area contributed by atoms with E-state index < -0.39 is 0 Å². The largest absolute Gasteiger partial charge is 0.308 e. The van der Waals surface area contributed by atoms with Crippen molar-refractivity contribution in [2.24, 2.45) is 0 Å². The molecule has 0 aliphatic carbocycles. The molecule has 0 radical (unpaired) electrons. The summed E-state index contributed by atoms with van der Waals surface area (Å²) in [4.78, 5) is 16.0. The van der Waals surface area contributed by atoms with Crippen LogP contribution in [0, 0.1) is 0 Å². The molecule has 14 rings (SSSR count). The lowest BCUT2D eigenvalue weighted by Gasteiger charge is -2.15. The van der Waals surface area contributed by atoms with Gasteiger partial charge in [-0.15, -0.1) is 0 Å². The minimum Gasteiger partial charge on any atom is -0.308 e. The van der Waals surface area contributed by atoms with Gasteiger partial charge in [0, 0.05) is 49.1 Å². The Kier molecular flexibility index (Phi) is 8.79. The highest BCUT2D eigenvalue weighted by atomic mass is 15.2. The summed E-state index contributed by atoms with van der Waals surface area (Å²) in [6, 6.07) is 86.3. The van der Waals surface area contributed by atoms with Gasteiger partial charge in [0.25, 0.3) is 0 Å². The lowest BCUT2D eigenvalue weighted by atomic mass is 10.0. The van der Waals surface area contributed by atoms with Crippen molar-refractivity contribution in [3.05, 3.63) is 243 Å². The molecule has 0 atom stereocenters. The van der Waals surface area contributed by atoms with Gasteiger partial charge < -0.3 is 9.13 Å². The number of fused-ring (bicyclic) bond motifs is 10. The molecule has 14 aromatic rings. The molecule has 0 aliphatic heterocycles. The Morgan fingerprint density at radius 3 is 1.28 bits per heavy atom. The van der Waals surface area contributed by atoms with E-state index in [1.54, 1.807) is 0 Å². The third-order valence-electron chi connectivity index (χ3n) is 13.7. The molecule has 0 amide bonds. The van der Waals surface area contributed by atoms with Crippen molar-refractivity contribution in [1.29, 1.82) is 0 Å². The maximum Gasteiger partial charge on any atom is 0.238 e. The highest BCUT2D eigenvalue weighted by Crippen LogP contribution is 2.47. The number of aromatic nitrogens is 6. The smallest absolute Gasteiger partial charge is 0.238 e. The first kappa shape index (κ1) is 38.8. The molecule has 0 saturated heterocycles. The molecule has 4 heterocycles. The first-order chi connectivity index (χ1) is 34.2. The lowest BCUT2D eigenvalue weighted by molar-refractivity contribution is 0.953. The third kappa shape index (κ3) is 6.16. The molecular formula is C63H40N6. The van der Waals surface area contributed by atoms with E-state index in [0.717, 1.165) is 88.5 Å². The molecule has 6 nitrogen and oxygen atoms in total. The average Bonchev–Trinajstić information content (AvgIpc) is 4.07. The lowest BCUT2D eigenvalue weighted by Crippen LogP contribution is -2.07. The summed E-state index contributed by atoms with van der Waals surface area (Å²) < 4.78 is 7.21. The summed E-state index contributed by atoms with van der Waals surface area (Å²) >= 11 is 0. The summed E-state index contributed by atoms with van der Waals surface area (Å²) in [5.41, 5.74) is 15.1. The maximum atomic E-state index is 5.44. The van der Waals surface area contributed by atoms with Crippen molar-refractivity contribution in [2.45, 2.75) is 0 Å². The summed E-state index contributed by atoms with van der Waals surface area (Å²) in [6.45, 7) is 0. The van der Waals surface area contributed by atoms with Gasteiger partial charge in [-0.1, -0.05) is 200 Å². The van der Waals surface area contributed by atoms with E-state index in [2.05, 4.69) is 232 Å². The van der Waals surface area contributed by atoms with Gasteiger partial charge in [0.05, 0.1) is 38.8 Å². The Bertz CT molecular complexity index is 4230. The van der Waals surface area contributed by atoms with Crippen molar-refractivity contribution in [3.8, 4) is 62.4 Å². The number of rotatable bonds is 7.